The standard InChI is InChI=1S/C10H9N3O2/c14-10(15)3-1-2-8-4-7-5-12-13-9(7)6-11-8/h1-2,4-6H,3H2,(H,12,13)(H,14,15). The molecule has 0 atom stereocenters. The van der Waals surface area contributed by atoms with E-state index in [2.05, 4.69) is 15.2 Å². The molecule has 0 amide bonds. The van der Waals surface area contributed by atoms with Crippen molar-refractivity contribution in [3.05, 3.63) is 30.2 Å². The second-order valence-corrected chi connectivity index (χ2v) is 3.07. The van der Waals surface area contributed by atoms with Crippen molar-refractivity contribution >= 4 is 22.9 Å². The minimum atomic E-state index is -0.851. The SMILES string of the molecule is O=C(O)CC=Cc1cc2cn[nH]c2cn1. The van der Waals surface area contributed by atoms with Gasteiger partial charge in [-0.1, -0.05) is 6.08 Å². The Kier molecular flexibility index (Phi) is 2.45. The molecule has 2 N–H and O–H groups in total. The van der Waals surface area contributed by atoms with E-state index in [1.165, 1.54) is 0 Å². The van der Waals surface area contributed by atoms with Crippen molar-refractivity contribution in [3.8, 4) is 0 Å². The second kappa shape index (κ2) is 3.91. The van der Waals surface area contributed by atoms with Crippen LogP contribution >= 0.6 is 0 Å². The molecule has 2 aromatic heterocycles. The van der Waals surface area contributed by atoms with Crippen LogP contribution in [0.4, 0.5) is 0 Å². The topological polar surface area (TPSA) is 78.9 Å². The van der Waals surface area contributed by atoms with Crippen LogP contribution in [-0.2, 0) is 4.79 Å². The Morgan fingerprint density at radius 3 is 3.20 bits per heavy atom. The van der Waals surface area contributed by atoms with Crippen LogP contribution in [0.15, 0.2) is 24.5 Å². The lowest BCUT2D eigenvalue weighted by Gasteiger charge is -1.92. The molecule has 2 heterocycles. The van der Waals surface area contributed by atoms with E-state index in [4.69, 9.17) is 5.11 Å². The molecule has 0 aliphatic rings. The van der Waals surface area contributed by atoms with Crippen molar-refractivity contribution in [2.45, 2.75) is 6.42 Å². The van der Waals surface area contributed by atoms with Gasteiger partial charge in [0.1, 0.15) is 0 Å². The van der Waals surface area contributed by atoms with Crippen molar-refractivity contribution in [2.24, 2.45) is 0 Å². The zero-order valence-corrected chi connectivity index (χ0v) is 7.84. The molecule has 0 radical (unpaired) electrons. The largest absolute Gasteiger partial charge is 0.481 e. The van der Waals surface area contributed by atoms with Crippen molar-refractivity contribution in [1.82, 2.24) is 15.2 Å². The van der Waals surface area contributed by atoms with Gasteiger partial charge in [-0.25, -0.2) is 0 Å². The lowest BCUT2D eigenvalue weighted by atomic mass is 10.2. The van der Waals surface area contributed by atoms with Crippen molar-refractivity contribution in [2.75, 3.05) is 0 Å². The van der Waals surface area contributed by atoms with Crippen LogP contribution in [0.25, 0.3) is 17.0 Å². The van der Waals surface area contributed by atoms with Gasteiger partial charge in [-0.15, -0.1) is 0 Å². The highest BCUT2D eigenvalue weighted by molar-refractivity contribution is 5.79. The summed E-state index contributed by atoms with van der Waals surface area (Å²) in [5.74, 6) is -0.851. The molecule has 0 fully saturated rings. The molecule has 0 saturated carbocycles. The monoisotopic (exact) mass is 203 g/mol. The van der Waals surface area contributed by atoms with Gasteiger partial charge in [0.05, 0.1) is 30.0 Å². The lowest BCUT2D eigenvalue weighted by molar-refractivity contribution is -0.135. The first kappa shape index (κ1) is 9.39. The Hall–Kier alpha value is -2.17. The molecule has 0 aromatic carbocycles. The maximum absolute atomic E-state index is 10.3. The van der Waals surface area contributed by atoms with Crippen molar-refractivity contribution in [3.63, 3.8) is 0 Å². The molecule has 0 spiro atoms. The van der Waals surface area contributed by atoms with Gasteiger partial charge in [0, 0.05) is 5.39 Å². The van der Waals surface area contributed by atoms with Gasteiger partial charge in [0.15, 0.2) is 0 Å². The van der Waals surface area contributed by atoms with Crippen LogP contribution in [0.3, 0.4) is 0 Å². The summed E-state index contributed by atoms with van der Waals surface area (Å²) < 4.78 is 0. The summed E-state index contributed by atoms with van der Waals surface area (Å²) >= 11 is 0. The number of pyridine rings is 1. The molecule has 76 valence electrons. The first-order valence-electron chi connectivity index (χ1n) is 4.43. The van der Waals surface area contributed by atoms with Gasteiger partial charge in [0.2, 0.25) is 0 Å². The number of hydrogen-bond donors (Lipinski definition) is 2. The molecule has 5 nitrogen and oxygen atoms in total. The second-order valence-electron chi connectivity index (χ2n) is 3.07. The van der Waals surface area contributed by atoms with Gasteiger partial charge in [0.25, 0.3) is 0 Å². The number of aliphatic carboxylic acids is 1. The first-order chi connectivity index (χ1) is 7.25. The normalized spacial score (nSPS) is 11.2. The van der Waals surface area contributed by atoms with Crippen LogP contribution in [0.1, 0.15) is 12.1 Å². The number of carboxylic acid groups (broad SMARTS) is 1. The molecule has 0 unspecified atom stereocenters. The minimum absolute atomic E-state index is 0.00506. The number of hydrogen-bond acceptors (Lipinski definition) is 3. The fourth-order valence-corrected chi connectivity index (χ4v) is 1.23. The van der Waals surface area contributed by atoms with E-state index in [-0.39, 0.29) is 6.42 Å². The number of nitrogens with one attached hydrogen (secondary N) is 1. The predicted octanol–water partition coefficient (Wildman–Crippen LogP) is 1.45. The van der Waals surface area contributed by atoms with E-state index in [1.54, 1.807) is 24.5 Å². The number of aromatic nitrogens is 3. The van der Waals surface area contributed by atoms with E-state index < -0.39 is 5.97 Å². The Balaban J connectivity index is 2.21. The summed E-state index contributed by atoms with van der Waals surface area (Å²) in [7, 11) is 0. The van der Waals surface area contributed by atoms with Gasteiger partial charge >= 0.3 is 5.97 Å². The van der Waals surface area contributed by atoms with Gasteiger partial charge in [-0.05, 0) is 12.1 Å². The summed E-state index contributed by atoms with van der Waals surface area (Å²) in [6.07, 6.45) is 6.62. The third-order valence-electron chi connectivity index (χ3n) is 1.93. The predicted molar refractivity (Wildman–Crippen MR) is 55.2 cm³/mol. The maximum atomic E-state index is 10.3. The average molecular weight is 203 g/mol. The minimum Gasteiger partial charge on any atom is -0.481 e. The van der Waals surface area contributed by atoms with E-state index >= 15 is 0 Å². The number of rotatable bonds is 3. The van der Waals surface area contributed by atoms with Crippen LogP contribution in [0.2, 0.25) is 0 Å². The molecule has 0 aliphatic carbocycles. The third kappa shape index (κ3) is 2.19. The van der Waals surface area contributed by atoms with Crippen LogP contribution in [0.5, 0.6) is 0 Å². The van der Waals surface area contributed by atoms with Gasteiger partial charge < -0.3 is 5.11 Å². The highest BCUT2D eigenvalue weighted by Gasteiger charge is 1.96. The van der Waals surface area contributed by atoms with E-state index in [0.717, 1.165) is 16.6 Å². The Morgan fingerprint density at radius 2 is 2.40 bits per heavy atom. The summed E-state index contributed by atoms with van der Waals surface area (Å²) in [4.78, 5) is 14.4. The lowest BCUT2D eigenvalue weighted by Crippen LogP contribution is -1.89. The number of carbonyl (C=O) groups is 1. The smallest absolute Gasteiger partial charge is 0.307 e. The van der Waals surface area contributed by atoms with Crippen LogP contribution < -0.4 is 0 Å². The number of aromatic amines is 1. The summed E-state index contributed by atoms with van der Waals surface area (Å²) in [5, 5.41) is 16.1. The highest BCUT2D eigenvalue weighted by atomic mass is 16.4. The molecule has 15 heavy (non-hydrogen) atoms. The quantitative estimate of drug-likeness (QED) is 0.791. The Labute approximate surface area is 85.5 Å². The number of carboxylic acids is 1. The zero-order chi connectivity index (χ0) is 10.7. The third-order valence-corrected chi connectivity index (χ3v) is 1.93. The van der Waals surface area contributed by atoms with Crippen LogP contribution in [-0.4, -0.2) is 26.3 Å². The fourth-order valence-electron chi connectivity index (χ4n) is 1.23. The molecular formula is C10H9N3O2. The van der Waals surface area contributed by atoms with Crippen molar-refractivity contribution < 1.29 is 9.90 Å². The van der Waals surface area contributed by atoms with Gasteiger partial charge in [-0.2, -0.15) is 5.10 Å². The number of H-pyrrole nitrogens is 1. The summed E-state index contributed by atoms with van der Waals surface area (Å²) in [5.41, 5.74) is 1.59. The van der Waals surface area contributed by atoms with Crippen LogP contribution in [0, 0.1) is 0 Å². The maximum Gasteiger partial charge on any atom is 0.307 e. The number of fused-ring (bicyclic) bond motifs is 1. The van der Waals surface area contributed by atoms with Crippen molar-refractivity contribution in [1.29, 1.82) is 0 Å². The fraction of sp³-hybridized carbons (Fsp3) is 0.100. The molecule has 0 aliphatic heterocycles. The first-order valence-corrected chi connectivity index (χ1v) is 4.43. The summed E-state index contributed by atoms with van der Waals surface area (Å²) in [6, 6.07) is 1.84. The molecule has 5 heteroatoms. The molecule has 0 saturated heterocycles. The Bertz CT molecular complexity index is 516. The Morgan fingerprint density at radius 1 is 1.53 bits per heavy atom. The van der Waals surface area contributed by atoms with E-state index in [9.17, 15) is 4.79 Å². The molecule has 2 aromatic rings. The van der Waals surface area contributed by atoms with E-state index in [0.29, 0.717) is 0 Å². The van der Waals surface area contributed by atoms with Gasteiger partial charge in [-0.3, -0.25) is 14.9 Å². The van der Waals surface area contributed by atoms with E-state index in [1.807, 2.05) is 6.07 Å². The highest BCUT2D eigenvalue weighted by Crippen LogP contribution is 2.11. The number of nitrogens with zero attached hydrogens (tertiary/aromatic N) is 2. The average Bonchev–Trinajstić information content (AvgIpc) is 2.64. The summed E-state index contributed by atoms with van der Waals surface area (Å²) in [6.45, 7) is 0. The molecule has 2 rings (SSSR count). The molecular weight excluding hydrogens is 194 g/mol. The zero-order valence-electron chi connectivity index (χ0n) is 7.84. The molecule has 0 bridgehead atoms.